The van der Waals surface area contributed by atoms with Crippen molar-refractivity contribution in [1.82, 2.24) is 4.90 Å². The zero-order valence-corrected chi connectivity index (χ0v) is 15.2. The van der Waals surface area contributed by atoms with Crippen molar-refractivity contribution >= 4 is 16.0 Å². The van der Waals surface area contributed by atoms with Gasteiger partial charge in [-0.2, -0.15) is 8.42 Å². The molecule has 0 aliphatic heterocycles. The van der Waals surface area contributed by atoms with Gasteiger partial charge in [0, 0.05) is 12.6 Å². The molecule has 1 aliphatic rings. The summed E-state index contributed by atoms with van der Waals surface area (Å²) in [5.74, 6) is -0.744. The Hall–Kier alpha value is -2.41. The first-order valence-corrected chi connectivity index (χ1v) is 10.0. The van der Waals surface area contributed by atoms with Gasteiger partial charge < -0.3 is 9.08 Å². The standard InChI is InChI=1S/C19H20FNO4S/c1-2-26(23,24)25-16-11-7-14(8-12-16)13-21(15-9-10-15)19(22)17-5-3-4-6-18(17)20/h3-8,11-12,15H,2,9-10,13H2,1H3. The topological polar surface area (TPSA) is 63.7 Å². The van der Waals surface area contributed by atoms with E-state index in [1.165, 1.54) is 19.1 Å². The van der Waals surface area contributed by atoms with Gasteiger partial charge in [-0.3, -0.25) is 4.79 Å². The Kier molecular flexibility index (Phi) is 5.27. The van der Waals surface area contributed by atoms with Crippen LogP contribution in [-0.4, -0.2) is 31.0 Å². The van der Waals surface area contributed by atoms with Crippen molar-refractivity contribution in [1.29, 1.82) is 0 Å². The molecule has 2 aromatic carbocycles. The second kappa shape index (κ2) is 7.45. The number of carbonyl (C=O) groups is 1. The quantitative estimate of drug-likeness (QED) is 0.694. The van der Waals surface area contributed by atoms with Crippen LogP contribution in [0.2, 0.25) is 0 Å². The third-order valence-electron chi connectivity index (χ3n) is 4.21. The minimum Gasteiger partial charge on any atom is -0.382 e. The highest BCUT2D eigenvalue weighted by atomic mass is 32.2. The van der Waals surface area contributed by atoms with E-state index < -0.39 is 15.9 Å². The Morgan fingerprint density at radius 3 is 2.38 bits per heavy atom. The van der Waals surface area contributed by atoms with Crippen LogP contribution >= 0.6 is 0 Å². The molecule has 7 heteroatoms. The largest absolute Gasteiger partial charge is 0.382 e. The van der Waals surface area contributed by atoms with Crippen molar-refractivity contribution in [3.8, 4) is 5.75 Å². The molecule has 1 amide bonds. The van der Waals surface area contributed by atoms with Crippen LogP contribution in [0.25, 0.3) is 0 Å². The van der Waals surface area contributed by atoms with Crippen LogP contribution < -0.4 is 4.18 Å². The van der Waals surface area contributed by atoms with E-state index >= 15 is 0 Å². The van der Waals surface area contributed by atoms with Crippen molar-refractivity contribution in [2.75, 3.05) is 5.75 Å². The Balaban J connectivity index is 1.75. The van der Waals surface area contributed by atoms with E-state index in [4.69, 9.17) is 4.18 Å². The summed E-state index contributed by atoms with van der Waals surface area (Å²) in [6, 6.07) is 12.6. The Labute approximate surface area is 152 Å². The maximum atomic E-state index is 13.9. The maximum Gasteiger partial charge on any atom is 0.308 e. The molecule has 5 nitrogen and oxygen atoms in total. The second-order valence-corrected chi connectivity index (χ2v) is 8.08. The highest BCUT2D eigenvalue weighted by Crippen LogP contribution is 2.30. The molecule has 0 atom stereocenters. The van der Waals surface area contributed by atoms with Gasteiger partial charge in [-0.15, -0.1) is 0 Å². The molecule has 0 saturated heterocycles. The van der Waals surface area contributed by atoms with E-state index in [1.807, 2.05) is 0 Å². The minimum atomic E-state index is -3.57. The molecule has 2 aromatic rings. The SMILES string of the molecule is CCS(=O)(=O)Oc1ccc(CN(C(=O)c2ccccc2F)C2CC2)cc1. The van der Waals surface area contributed by atoms with E-state index in [0.29, 0.717) is 6.54 Å². The lowest BCUT2D eigenvalue weighted by Crippen LogP contribution is -2.33. The number of halogens is 1. The molecule has 1 fully saturated rings. The van der Waals surface area contributed by atoms with Crippen molar-refractivity contribution < 1.29 is 21.8 Å². The lowest BCUT2D eigenvalue weighted by Gasteiger charge is -2.23. The molecule has 1 aliphatic carbocycles. The fourth-order valence-corrected chi connectivity index (χ4v) is 3.12. The summed E-state index contributed by atoms with van der Waals surface area (Å²) in [7, 11) is -3.57. The van der Waals surface area contributed by atoms with Crippen LogP contribution in [0, 0.1) is 5.82 Å². The first kappa shape index (κ1) is 18.4. The third kappa shape index (κ3) is 4.40. The normalized spacial score (nSPS) is 14.1. The average Bonchev–Trinajstić information content (AvgIpc) is 3.46. The molecule has 0 aromatic heterocycles. The number of hydrogen-bond acceptors (Lipinski definition) is 4. The van der Waals surface area contributed by atoms with E-state index in [9.17, 15) is 17.6 Å². The number of nitrogens with zero attached hydrogens (tertiary/aromatic N) is 1. The first-order chi connectivity index (χ1) is 12.4. The van der Waals surface area contributed by atoms with Crippen LogP contribution in [0.3, 0.4) is 0 Å². The summed E-state index contributed by atoms with van der Waals surface area (Å²) in [5, 5.41) is 0. The molecule has 0 bridgehead atoms. The van der Waals surface area contributed by atoms with E-state index in [2.05, 4.69) is 0 Å². The number of benzene rings is 2. The molecule has 138 valence electrons. The van der Waals surface area contributed by atoms with Gasteiger partial charge in [-0.05, 0) is 49.6 Å². The molecule has 0 N–H and O–H groups in total. The summed E-state index contributed by atoms with van der Waals surface area (Å²) >= 11 is 0. The molecule has 0 heterocycles. The van der Waals surface area contributed by atoms with Gasteiger partial charge in [0.05, 0.1) is 11.3 Å². The van der Waals surface area contributed by atoms with Crippen molar-refractivity contribution in [3.63, 3.8) is 0 Å². The predicted octanol–water partition coefficient (Wildman–Crippen LogP) is 3.36. The summed E-state index contributed by atoms with van der Waals surface area (Å²) in [6.45, 7) is 1.84. The molecule has 0 radical (unpaired) electrons. The molecular formula is C19H20FNO4S. The summed E-state index contributed by atoms with van der Waals surface area (Å²) < 4.78 is 41.9. The number of rotatable bonds is 7. The highest BCUT2D eigenvalue weighted by molar-refractivity contribution is 7.87. The van der Waals surface area contributed by atoms with Gasteiger partial charge in [0.2, 0.25) is 0 Å². The zero-order chi connectivity index (χ0) is 18.7. The van der Waals surface area contributed by atoms with Crippen LogP contribution in [-0.2, 0) is 16.7 Å². The second-order valence-electron chi connectivity index (χ2n) is 6.22. The van der Waals surface area contributed by atoms with Gasteiger partial charge in [0.25, 0.3) is 5.91 Å². The fraction of sp³-hybridized carbons (Fsp3) is 0.316. The first-order valence-electron chi connectivity index (χ1n) is 8.46. The highest BCUT2D eigenvalue weighted by Gasteiger charge is 2.33. The Morgan fingerprint density at radius 2 is 1.81 bits per heavy atom. The van der Waals surface area contributed by atoms with E-state index in [0.717, 1.165) is 18.4 Å². The summed E-state index contributed by atoms with van der Waals surface area (Å²) in [5.41, 5.74) is 0.885. The van der Waals surface area contributed by atoms with Gasteiger partial charge in [-0.25, -0.2) is 4.39 Å². The molecule has 3 rings (SSSR count). The minimum absolute atomic E-state index is 0.0633. The lowest BCUT2D eigenvalue weighted by atomic mass is 10.1. The van der Waals surface area contributed by atoms with Crippen molar-refractivity contribution in [3.05, 3.63) is 65.5 Å². The van der Waals surface area contributed by atoms with Crippen LogP contribution in [0.1, 0.15) is 35.7 Å². The molecule has 26 heavy (non-hydrogen) atoms. The van der Waals surface area contributed by atoms with Crippen molar-refractivity contribution in [2.24, 2.45) is 0 Å². The predicted molar refractivity (Wildman–Crippen MR) is 95.8 cm³/mol. The average molecular weight is 377 g/mol. The van der Waals surface area contributed by atoms with Crippen LogP contribution in [0.5, 0.6) is 5.75 Å². The zero-order valence-electron chi connectivity index (χ0n) is 14.4. The molecule has 1 saturated carbocycles. The van der Waals surface area contributed by atoms with Gasteiger partial charge >= 0.3 is 10.1 Å². The molecule has 0 unspecified atom stereocenters. The Bertz CT molecular complexity index is 892. The van der Waals surface area contributed by atoms with Gasteiger partial charge in [0.1, 0.15) is 11.6 Å². The number of hydrogen-bond donors (Lipinski definition) is 0. The number of amides is 1. The smallest absolute Gasteiger partial charge is 0.308 e. The molecule has 0 spiro atoms. The van der Waals surface area contributed by atoms with E-state index in [1.54, 1.807) is 41.3 Å². The van der Waals surface area contributed by atoms with Gasteiger partial charge in [0.15, 0.2) is 0 Å². The van der Waals surface area contributed by atoms with Gasteiger partial charge in [-0.1, -0.05) is 24.3 Å². The third-order valence-corrected chi connectivity index (χ3v) is 5.36. The van der Waals surface area contributed by atoms with Crippen LogP contribution in [0.4, 0.5) is 4.39 Å². The monoisotopic (exact) mass is 377 g/mol. The summed E-state index contributed by atoms with van der Waals surface area (Å²) in [6.07, 6.45) is 1.80. The van der Waals surface area contributed by atoms with E-state index in [-0.39, 0.29) is 29.0 Å². The molecular weight excluding hydrogens is 357 g/mol. The summed E-state index contributed by atoms with van der Waals surface area (Å²) in [4.78, 5) is 14.4. The Morgan fingerprint density at radius 1 is 1.15 bits per heavy atom. The maximum absolute atomic E-state index is 13.9. The van der Waals surface area contributed by atoms with Crippen LogP contribution in [0.15, 0.2) is 48.5 Å². The lowest BCUT2D eigenvalue weighted by molar-refractivity contribution is 0.0725. The fourth-order valence-electron chi connectivity index (χ4n) is 2.59. The number of carbonyl (C=O) groups excluding carboxylic acids is 1. The van der Waals surface area contributed by atoms with Crippen molar-refractivity contribution in [2.45, 2.75) is 32.4 Å².